The van der Waals surface area contributed by atoms with E-state index < -0.39 is 0 Å². The van der Waals surface area contributed by atoms with E-state index in [9.17, 15) is 0 Å². The van der Waals surface area contributed by atoms with Crippen molar-refractivity contribution in [3.63, 3.8) is 0 Å². The van der Waals surface area contributed by atoms with Crippen LogP contribution in [0.5, 0.6) is 0 Å². The van der Waals surface area contributed by atoms with Gasteiger partial charge in [0.25, 0.3) is 0 Å². The molecule has 1 aliphatic heterocycles. The van der Waals surface area contributed by atoms with Crippen molar-refractivity contribution < 1.29 is 4.74 Å². The fourth-order valence-electron chi connectivity index (χ4n) is 2.16. The molecule has 0 aromatic carbocycles. The lowest BCUT2D eigenvalue weighted by Crippen LogP contribution is -1.98. The Labute approximate surface area is 113 Å². The third kappa shape index (κ3) is 3.61. The maximum absolute atomic E-state index is 5.93. The summed E-state index contributed by atoms with van der Waals surface area (Å²) in [5, 5.41) is 0. The molecule has 0 saturated heterocycles. The van der Waals surface area contributed by atoms with Crippen LogP contribution >= 0.6 is 11.6 Å². The van der Waals surface area contributed by atoms with Gasteiger partial charge < -0.3 is 4.74 Å². The van der Waals surface area contributed by atoms with E-state index in [1.54, 1.807) is 0 Å². The Hall–Kier alpha value is -1.28. The van der Waals surface area contributed by atoms with E-state index in [1.165, 1.54) is 18.4 Å². The van der Waals surface area contributed by atoms with Crippen LogP contribution in [0.3, 0.4) is 0 Å². The topological polar surface area (TPSA) is 21.6 Å². The molecule has 18 heavy (non-hydrogen) atoms. The molecule has 0 saturated carbocycles. The molecule has 1 atom stereocenters. The molecule has 2 nitrogen and oxygen atoms in total. The van der Waals surface area contributed by atoms with Gasteiger partial charge in [-0.25, -0.2) is 4.99 Å². The number of hydrogen-bond donors (Lipinski definition) is 0. The number of halogens is 1. The van der Waals surface area contributed by atoms with Crippen molar-refractivity contribution >= 4 is 18.0 Å². The van der Waals surface area contributed by atoms with Crippen LogP contribution in [-0.4, -0.2) is 12.3 Å². The molecule has 2 rings (SSSR count). The fraction of sp³-hybridized carbons (Fsp3) is 0.400. The Morgan fingerprint density at radius 2 is 2.44 bits per heavy atom. The van der Waals surface area contributed by atoms with E-state index in [0.29, 0.717) is 11.7 Å². The van der Waals surface area contributed by atoms with E-state index >= 15 is 0 Å². The highest BCUT2D eigenvalue weighted by molar-refractivity contribution is 6.18. The minimum absolute atomic E-state index is 0.544. The monoisotopic (exact) mass is 263 g/mol. The highest BCUT2D eigenvalue weighted by atomic mass is 35.5. The second-order valence-corrected chi connectivity index (χ2v) is 4.84. The van der Waals surface area contributed by atoms with Gasteiger partial charge in [-0.15, -0.1) is 11.6 Å². The van der Waals surface area contributed by atoms with Crippen molar-refractivity contribution in [2.24, 2.45) is 10.9 Å². The van der Waals surface area contributed by atoms with Crippen LogP contribution in [0.25, 0.3) is 0 Å². The zero-order valence-electron chi connectivity index (χ0n) is 10.4. The number of ether oxygens (including phenoxy) is 1. The number of rotatable bonds is 5. The third-order valence-electron chi connectivity index (χ3n) is 3.18. The van der Waals surface area contributed by atoms with Crippen LogP contribution < -0.4 is 0 Å². The molecule has 0 radical (unpaired) electrons. The summed E-state index contributed by atoms with van der Waals surface area (Å²) in [6.07, 6.45) is 14.3. The Balaban J connectivity index is 1.78. The highest BCUT2D eigenvalue weighted by Crippen LogP contribution is 2.28. The zero-order chi connectivity index (χ0) is 12.8. The first kappa shape index (κ1) is 13.2. The molecule has 2 aliphatic rings. The molecular formula is C15H18ClNO. The summed E-state index contributed by atoms with van der Waals surface area (Å²) in [6, 6.07) is 0. The van der Waals surface area contributed by atoms with Crippen LogP contribution in [0.15, 0.2) is 52.9 Å². The summed E-state index contributed by atoms with van der Waals surface area (Å²) in [5.74, 6) is 1.93. The van der Waals surface area contributed by atoms with E-state index in [2.05, 4.69) is 29.8 Å². The predicted molar refractivity (Wildman–Crippen MR) is 76.7 cm³/mol. The van der Waals surface area contributed by atoms with Crippen molar-refractivity contribution in [2.45, 2.75) is 25.7 Å². The van der Waals surface area contributed by atoms with E-state index in [-0.39, 0.29) is 0 Å². The Bertz CT molecular complexity index is 432. The maximum atomic E-state index is 5.93. The first-order valence-corrected chi connectivity index (χ1v) is 6.84. The first-order valence-electron chi connectivity index (χ1n) is 6.31. The molecule has 0 N–H and O–H groups in total. The van der Waals surface area contributed by atoms with Crippen LogP contribution in [-0.2, 0) is 4.74 Å². The van der Waals surface area contributed by atoms with Gasteiger partial charge >= 0.3 is 0 Å². The standard InChI is InChI=1S/C15H18ClNO/c1-12-9-15(17-11-18-12)8-3-2-5-13-6-4-7-14(13)10-16/h2,5-6,9,11,14H,1,3-4,7-8,10H2/b5-2+. The van der Waals surface area contributed by atoms with E-state index in [1.807, 2.05) is 6.08 Å². The average molecular weight is 264 g/mol. The molecule has 0 bridgehead atoms. The van der Waals surface area contributed by atoms with Crippen LogP contribution in [0, 0.1) is 5.92 Å². The number of alkyl halides is 1. The Morgan fingerprint density at radius 1 is 1.56 bits per heavy atom. The van der Waals surface area contributed by atoms with Crippen molar-refractivity contribution in [1.82, 2.24) is 0 Å². The zero-order valence-corrected chi connectivity index (χ0v) is 11.2. The first-order chi connectivity index (χ1) is 8.79. The smallest absolute Gasteiger partial charge is 0.181 e. The largest absolute Gasteiger partial charge is 0.446 e. The van der Waals surface area contributed by atoms with Gasteiger partial charge in [-0.1, -0.05) is 24.8 Å². The van der Waals surface area contributed by atoms with Crippen molar-refractivity contribution in [3.05, 3.63) is 47.9 Å². The minimum Gasteiger partial charge on any atom is -0.446 e. The van der Waals surface area contributed by atoms with Gasteiger partial charge in [0, 0.05) is 17.7 Å². The molecule has 96 valence electrons. The van der Waals surface area contributed by atoms with E-state index in [0.717, 1.165) is 30.8 Å². The number of nitrogens with zero attached hydrogens (tertiary/aromatic N) is 1. The van der Waals surface area contributed by atoms with E-state index in [4.69, 9.17) is 16.3 Å². The highest BCUT2D eigenvalue weighted by Gasteiger charge is 2.15. The van der Waals surface area contributed by atoms with Gasteiger partial charge in [-0.3, -0.25) is 0 Å². The average Bonchev–Trinajstić information content (AvgIpc) is 2.82. The Kier molecular flexibility index (Phi) is 4.82. The molecule has 1 aliphatic carbocycles. The second kappa shape index (κ2) is 6.60. The predicted octanol–water partition coefficient (Wildman–Crippen LogP) is 4.35. The second-order valence-electron chi connectivity index (χ2n) is 4.53. The summed E-state index contributed by atoms with van der Waals surface area (Å²) in [6.45, 7) is 3.75. The van der Waals surface area contributed by atoms with Gasteiger partial charge in [0.05, 0.1) is 0 Å². The van der Waals surface area contributed by atoms with Crippen LogP contribution in [0.4, 0.5) is 0 Å². The molecule has 1 heterocycles. The quantitative estimate of drug-likeness (QED) is 0.676. The van der Waals surface area contributed by atoms with Crippen molar-refractivity contribution in [1.29, 1.82) is 0 Å². The van der Waals surface area contributed by atoms with Crippen LogP contribution in [0.2, 0.25) is 0 Å². The van der Waals surface area contributed by atoms with Crippen LogP contribution in [0.1, 0.15) is 25.7 Å². The third-order valence-corrected chi connectivity index (χ3v) is 3.55. The normalized spacial score (nSPS) is 23.2. The van der Waals surface area contributed by atoms with Gasteiger partial charge in [-0.05, 0) is 37.2 Å². The molecule has 0 amide bonds. The molecular weight excluding hydrogens is 246 g/mol. The summed E-state index contributed by atoms with van der Waals surface area (Å²) in [4.78, 5) is 4.16. The minimum atomic E-state index is 0.544. The number of hydrogen-bond acceptors (Lipinski definition) is 2. The number of allylic oxidation sites excluding steroid dienone is 6. The lowest BCUT2D eigenvalue weighted by molar-refractivity contribution is 0.448. The SMILES string of the molecule is C=C1C=C(CC/C=C/C2=CCCC2CCl)N=CO1. The van der Waals surface area contributed by atoms with Crippen molar-refractivity contribution in [3.8, 4) is 0 Å². The molecule has 1 unspecified atom stereocenters. The molecule has 0 fully saturated rings. The van der Waals surface area contributed by atoms with Gasteiger partial charge in [0.15, 0.2) is 6.40 Å². The molecule has 0 aromatic heterocycles. The van der Waals surface area contributed by atoms with Gasteiger partial charge in [0.2, 0.25) is 0 Å². The molecule has 0 aromatic rings. The summed E-state index contributed by atoms with van der Waals surface area (Å²) >= 11 is 5.93. The molecule has 0 spiro atoms. The molecule has 3 heteroatoms. The van der Waals surface area contributed by atoms with Gasteiger partial charge in [-0.2, -0.15) is 0 Å². The summed E-state index contributed by atoms with van der Waals surface area (Å²) in [7, 11) is 0. The lowest BCUT2D eigenvalue weighted by Gasteiger charge is -2.08. The van der Waals surface area contributed by atoms with Crippen molar-refractivity contribution in [2.75, 3.05) is 5.88 Å². The summed E-state index contributed by atoms with van der Waals surface area (Å²) in [5.41, 5.74) is 2.41. The summed E-state index contributed by atoms with van der Waals surface area (Å²) < 4.78 is 5.02. The number of aliphatic imine (C=N–C) groups is 1. The lowest BCUT2D eigenvalue weighted by atomic mass is 10.0. The van der Waals surface area contributed by atoms with Gasteiger partial charge in [0.1, 0.15) is 5.76 Å². The maximum Gasteiger partial charge on any atom is 0.181 e. The Morgan fingerprint density at radius 3 is 3.22 bits per heavy atom. The fourth-order valence-corrected chi connectivity index (χ4v) is 2.49.